The first-order valence-corrected chi connectivity index (χ1v) is 7.65. The van der Waals surface area contributed by atoms with E-state index in [9.17, 15) is 0 Å². The molecule has 1 N–H and O–H groups in total. The van der Waals surface area contributed by atoms with Crippen molar-refractivity contribution < 1.29 is 0 Å². The van der Waals surface area contributed by atoms with E-state index < -0.39 is 0 Å². The first-order chi connectivity index (χ1) is 11.3. The number of fused-ring (bicyclic) bond motifs is 2. The van der Waals surface area contributed by atoms with Crippen molar-refractivity contribution in [3.63, 3.8) is 0 Å². The highest BCUT2D eigenvalue weighted by molar-refractivity contribution is 5.88. The van der Waals surface area contributed by atoms with Gasteiger partial charge in [0, 0.05) is 23.7 Å². The van der Waals surface area contributed by atoms with Gasteiger partial charge in [0.1, 0.15) is 17.5 Å². The number of hydrogen-bond donors (Lipinski definition) is 1. The molecule has 23 heavy (non-hydrogen) atoms. The summed E-state index contributed by atoms with van der Waals surface area (Å²) in [6.07, 6.45) is 3.34. The second kappa shape index (κ2) is 5.32. The Morgan fingerprint density at radius 1 is 1.00 bits per heavy atom. The van der Waals surface area contributed by atoms with Crippen LogP contribution in [-0.2, 0) is 6.54 Å². The van der Waals surface area contributed by atoms with Gasteiger partial charge in [0.15, 0.2) is 0 Å². The molecule has 0 aliphatic carbocycles. The molecule has 2 aromatic heterocycles. The molecule has 112 valence electrons. The van der Waals surface area contributed by atoms with E-state index in [2.05, 4.69) is 40.3 Å². The molecular weight excluding hydrogens is 284 g/mol. The molecule has 0 saturated carbocycles. The third kappa shape index (κ3) is 2.19. The van der Waals surface area contributed by atoms with Gasteiger partial charge in [-0.05, 0) is 35.4 Å². The number of nitrogens with one attached hydrogen (secondary N) is 1. The summed E-state index contributed by atoms with van der Waals surface area (Å²) in [4.78, 5) is 8.45. The van der Waals surface area contributed by atoms with Crippen LogP contribution >= 0.6 is 0 Å². The van der Waals surface area contributed by atoms with Gasteiger partial charge in [-0.1, -0.05) is 36.4 Å². The van der Waals surface area contributed by atoms with Crippen LogP contribution in [0.5, 0.6) is 0 Å². The van der Waals surface area contributed by atoms with Crippen molar-refractivity contribution in [1.29, 1.82) is 5.41 Å². The summed E-state index contributed by atoms with van der Waals surface area (Å²) in [5, 5.41) is 11.9. The third-order valence-electron chi connectivity index (χ3n) is 4.18. The van der Waals surface area contributed by atoms with Crippen molar-refractivity contribution in [3.8, 4) is 11.1 Å². The molecule has 4 nitrogen and oxygen atoms in total. The molecule has 0 amide bonds. The minimum atomic E-state index is 0.481. The molecule has 0 spiro atoms. The fourth-order valence-electron chi connectivity index (χ4n) is 3.02. The van der Waals surface area contributed by atoms with Crippen LogP contribution in [0, 0.1) is 5.41 Å². The molecule has 0 atom stereocenters. The molecule has 2 aromatic carbocycles. The van der Waals surface area contributed by atoms with Crippen LogP contribution in [-0.4, -0.2) is 14.5 Å². The van der Waals surface area contributed by atoms with E-state index in [0.717, 1.165) is 22.2 Å². The SMILES string of the molecule is CCn1c(=N)c(-c2ccc3ccccc3c2)cc2cncnc21. The molecule has 2 heterocycles. The normalized spacial score (nSPS) is 11.2. The van der Waals surface area contributed by atoms with Gasteiger partial charge in [-0.25, -0.2) is 9.97 Å². The number of aryl methyl sites for hydroxylation is 1. The molecular formula is C19H16N4. The number of hydrogen-bond acceptors (Lipinski definition) is 3. The molecule has 0 aliphatic rings. The van der Waals surface area contributed by atoms with Crippen molar-refractivity contribution in [2.24, 2.45) is 0 Å². The summed E-state index contributed by atoms with van der Waals surface area (Å²) in [6.45, 7) is 2.73. The Kier molecular flexibility index (Phi) is 3.15. The predicted molar refractivity (Wildman–Crippen MR) is 92.0 cm³/mol. The van der Waals surface area contributed by atoms with Crippen molar-refractivity contribution in [2.45, 2.75) is 13.5 Å². The Balaban J connectivity index is 2.03. The monoisotopic (exact) mass is 300 g/mol. The molecule has 0 bridgehead atoms. The average Bonchev–Trinajstić information content (AvgIpc) is 2.61. The summed E-state index contributed by atoms with van der Waals surface area (Å²) < 4.78 is 1.92. The Morgan fingerprint density at radius 2 is 1.83 bits per heavy atom. The number of aromatic nitrogens is 3. The summed E-state index contributed by atoms with van der Waals surface area (Å²) in [5.41, 5.74) is 3.23. The standard InChI is InChI=1S/C19H16N4/c1-2-23-18(20)17(10-16-11-21-12-22-19(16)23)15-8-7-13-5-3-4-6-14(13)9-15/h3-12,20H,2H2,1H3. The van der Waals surface area contributed by atoms with E-state index in [1.165, 1.54) is 17.1 Å². The van der Waals surface area contributed by atoms with Crippen LogP contribution in [0.1, 0.15) is 6.92 Å². The molecule has 4 aromatic rings. The minimum absolute atomic E-state index is 0.481. The van der Waals surface area contributed by atoms with Crippen molar-refractivity contribution in [1.82, 2.24) is 14.5 Å². The largest absolute Gasteiger partial charge is 0.311 e. The van der Waals surface area contributed by atoms with Gasteiger partial charge < -0.3 is 4.57 Å². The minimum Gasteiger partial charge on any atom is -0.311 e. The van der Waals surface area contributed by atoms with Crippen LogP contribution in [0.2, 0.25) is 0 Å². The molecule has 0 aliphatic heterocycles. The van der Waals surface area contributed by atoms with Gasteiger partial charge >= 0.3 is 0 Å². The Labute approximate surface area is 133 Å². The molecule has 4 heteroatoms. The van der Waals surface area contributed by atoms with Crippen molar-refractivity contribution in [2.75, 3.05) is 0 Å². The topological polar surface area (TPSA) is 54.6 Å². The zero-order chi connectivity index (χ0) is 15.8. The fourth-order valence-corrected chi connectivity index (χ4v) is 3.02. The van der Waals surface area contributed by atoms with E-state index in [0.29, 0.717) is 12.0 Å². The van der Waals surface area contributed by atoms with E-state index in [1.54, 1.807) is 6.20 Å². The van der Waals surface area contributed by atoms with Gasteiger partial charge in [-0.15, -0.1) is 0 Å². The van der Waals surface area contributed by atoms with Crippen LogP contribution in [0.4, 0.5) is 0 Å². The van der Waals surface area contributed by atoms with E-state index >= 15 is 0 Å². The Hall–Kier alpha value is -3.01. The second-order valence-corrected chi connectivity index (χ2v) is 5.51. The summed E-state index contributed by atoms with van der Waals surface area (Å²) >= 11 is 0. The van der Waals surface area contributed by atoms with Crippen LogP contribution in [0.15, 0.2) is 61.1 Å². The first-order valence-electron chi connectivity index (χ1n) is 7.65. The smallest absolute Gasteiger partial charge is 0.144 e. The van der Waals surface area contributed by atoms with Crippen LogP contribution in [0.25, 0.3) is 32.9 Å². The predicted octanol–water partition coefficient (Wildman–Crippen LogP) is 3.75. The Bertz CT molecular complexity index is 1080. The fraction of sp³-hybridized carbons (Fsp3) is 0.105. The number of pyridine rings is 1. The average molecular weight is 300 g/mol. The van der Waals surface area contributed by atoms with Gasteiger partial charge in [0.05, 0.1) is 0 Å². The van der Waals surface area contributed by atoms with E-state index in [-0.39, 0.29) is 0 Å². The third-order valence-corrected chi connectivity index (χ3v) is 4.18. The van der Waals surface area contributed by atoms with Gasteiger partial charge in [-0.2, -0.15) is 0 Å². The zero-order valence-electron chi connectivity index (χ0n) is 12.8. The van der Waals surface area contributed by atoms with Gasteiger partial charge in [0.25, 0.3) is 0 Å². The highest BCUT2D eigenvalue weighted by Gasteiger charge is 2.09. The van der Waals surface area contributed by atoms with Crippen molar-refractivity contribution >= 4 is 21.8 Å². The second-order valence-electron chi connectivity index (χ2n) is 5.51. The van der Waals surface area contributed by atoms with Crippen LogP contribution < -0.4 is 5.49 Å². The lowest BCUT2D eigenvalue weighted by Crippen LogP contribution is -2.22. The molecule has 0 unspecified atom stereocenters. The summed E-state index contributed by atoms with van der Waals surface area (Å²) in [7, 11) is 0. The highest BCUT2D eigenvalue weighted by Crippen LogP contribution is 2.24. The summed E-state index contributed by atoms with van der Waals surface area (Å²) in [5.74, 6) is 0. The number of rotatable bonds is 2. The molecule has 4 rings (SSSR count). The van der Waals surface area contributed by atoms with E-state index in [1.807, 2.05) is 29.7 Å². The van der Waals surface area contributed by atoms with E-state index in [4.69, 9.17) is 5.41 Å². The number of nitrogens with zero attached hydrogens (tertiary/aromatic N) is 3. The molecule has 0 fully saturated rings. The maximum atomic E-state index is 8.58. The quantitative estimate of drug-likeness (QED) is 0.613. The van der Waals surface area contributed by atoms with Crippen molar-refractivity contribution in [3.05, 3.63) is 66.5 Å². The Morgan fingerprint density at radius 3 is 2.65 bits per heavy atom. The zero-order valence-corrected chi connectivity index (χ0v) is 12.8. The molecule has 0 radical (unpaired) electrons. The molecule has 0 saturated heterocycles. The maximum absolute atomic E-state index is 8.58. The lowest BCUT2D eigenvalue weighted by molar-refractivity contribution is 0.725. The van der Waals surface area contributed by atoms with Gasteiger partial charge in [0.2, 0.25) is 0 Å². The first kappa shape index (κ1) is 13.6. The number of benzene rings is 2. The highest BCUT2D eigenvalue weighted by atomic mass is 15.1. The lowest BCUT2D eigenvalue weighted by atomic mass is 10.0. The summed E-state index contributed by atoms with van der Waals surface area (Å²) in [6, 6.07) is 16.6. The van der Waals surface area contributed by atoms with Gasteiger partial charge in [-0.3, -0.25) is 5.41 Å². The lowest BCUT2D eigenvalue weighted by Gasteiger charge is -2.12. The maximum Gasteiger partial charge on any atom is 0.144 e. The van der Waals surface area contributed by atoms with Crippen LogP contribution in [0.3, 0.4) is 0 Å².